The van der Waals surface area contributed by atoms with Crippen LogP contribution in [-0.2, 0) is 13.8 Å². The summed E-state index contributed by atoms with van der Waals surface area (Å²) in [5, 5.41) is 20.0. The number of H-pyrrole nitrogens is 1. The summed E-state index contributed by atoms with van der Waals surface area (Å²) in [6, 6.07) is 0. The fraction of sp³-hybridized carbons (Fsp3) is 0.500. The summed E-state index contributed by atoms with van der Waals surface area (Å²) >= 11 is 0. The van der Waals surface area contributed by atoms with Gasteiger partial charge in [-0.25, -0.2) is 4.98 Å². The smallest absolute Gasteiger partial charge is 0.790 e. The summed E-state index contributed by atoms with van der Waals surface area (Å²) in [5.41, 5.74) is 4.77. The number of nitrogens with two attached hydrogens (primary N) is 1. The van der Waals surface area contributed by atoms with Crippen LogP contribution >= 0.6 is 7.82 Å². The minimum Gasteiger partial charge on any atom is -0.790 e. The van der Waals surface area contributed by atoms with E-state index in [1.807, 2.05) is 0 Å². The first-order chi connectivity index (χ1) is 11.2. The molecule has 0 aromatic carbocycles. The van der Waals surface area contributed by atoms with E-state index in [4.69, 9.17) is 10.5 Å². The normalized spacial score (nSPS) is 25.7. The molecule has 0 saturated carbocycles. The van der Waals surface area contributed by atoms with Gasteiger partial charge in [-0.1, -0.05) is 0 Å². The van der Waals surface area contributed by atoms with Crippen LogP contribution in [0.15, 0.2) is 11.1 Å². The number of phosphoric acid groups is 1. The molecule has 2 aromatic rings. The molecule has 5 N–H and O–H groups in total. The van der Waals surface area contributed by atoms with E-state index in [0.29, 0.717) is 0 Å². The third-order valence-corrected chi connectivity index (χ3v) is 3.92. The first-order valence-corrected chi connectivity index (χ1v) is 8.04. The number of nitrogens with one attached hydrogen (secondary N) is 1. The molecule has 4 atom stereocenters. The van der Waals surface area contributed by atoms with Crippen LogP contribution in [0.5, 0.6) is 0 Å². The predicted octanol–water partition coefficient (Wildman–Crippen LogP) is -9.83. The Morgan fingerprint density at radius 2 is 2.04 bits per heavy atom. The van der Waals surface area contributed by atoms with Gasteiger partial charge in [-0.3, -0.25) is 14.3 Å². The standard InChI is InChI=1S/C10H14N5O8P.2Na/c11-10-13-7-4(8(18)14-10)12-2-15(7)9-6(17)5(16)3(23-9)1-22-24(19,20)21;;/h2-3,5-6,9,16-17H,1H2,(H2,19,20,21)(H3,11,13,14,18);;/q;2*+1/p-2/t3-,5-,6-,9-;;/m1../s1/i11+1,12+1,13+1,14+1,15+1;;. The third kappa shape index (κ3) is 4.94. The van der Waals surface area contributed by atoms with Crippen LogP contribution in [0.25, 0.3) is 11.2 Å². The molecule has 1 saturated heterocycles. The second-order valence-corrected chi connectivity index (χ2v) is 6.22. The largest absolute Gasteiger partial charge is 1.00 e. The summed E-state index contributed by atoms with van der Waals surface area (Å²) in [5.74, 6) is -0.194. The second-order valence-electron chi connectivity index (χ2n) is 5.06. The molecular formula is C10H12N5Na2O8P. The van der Waals surface area contributed by atoms with E-state index in [9.17, 15) is 29.4 Å². The van der Waals surface area contributed by atoms with Gasteiger partial charge in [0.05, 0.1) is 20.8 Å². The minimum atomic E-state index is -5.26. The maximum atomic E-state index is 11.7. The number of nitrogen functional groups attached to an aromatic ring is 1. The van der Waals surface area contributed by atoms with E-state index >= 15 is 0 Å². The summed E-state index contributed by atoms with van der Waals surface area (Å²) in [4.78, 5) is 42.7. The Balaban J connectivity index is 0.00000169. The number of ether oxygens (including phenoxy) is 1. The minimum absolute atomic E-state index is 0. The van der Waals surface area contributed by atoms with Crippen LogP contribution in [0, 0.1) is 0 Å². The van der Waals surface area contributed by atoms with E-state index in [0.717, 1.165) is 10.9 Å². The second kappa shape index (κ2) is 9.09. The number of phosphoric ester groups is 1. The van der Waals surface area contributed by atoms with Crippen LogP contribution in [0.1, 0.15) is 6.23 Å². The Labute approximate surface area is 189 Å². The zero-order valence-electron chi connectivity index (χ0n) is 13.8. The zero-order valence-corrected chi connectivity index (χ0v) is 18.7. The summed E-state index contributed by atoms with van der Waals surface area (Å²) in [7, 11) is -5.26. The van der Waals surface area contributed by atoms with Crippen molar-refractivity contribution in [3.63, 3.8) is 0 Å². The molecule has 0 unspecified atom stereocenters. The van der Waals surface area contributed by atoms with Crippen molar-refractivity contribution in [1.29, 1.82) is 0 Å². The molecule has 3 heterocycles. The number of imidazole rings is 1. The summed E-state index contributed by atoms with van der Waals surface area (Å²) in [6.07, 6.45) is -4.46. The van der Waals surface area contributed by atoms with Crippen LogP contribution in [0.3, 0.4) is 0 Å². The average molecular weight is 412 g/mol. The Morgan fingerprint density at radius 1 is 1.38 bits per heavy atom. The van der Waals surface area contributed by atoms with Crippen LogP contribution in [0.4, 0.5) is 5.95 Å². The topological polar surface area (TPSA) is 212 Å². The van der Waals surface area contributed by atoms with Crippen molar-refractivity contribution in [3.8, 4) is 0 Å². The van der Waals surface area contributed by atoms with E-state index in [1.54, 1.807) is 0 Å². The van der Waals surface area contributed by atoms with Crippen LogP contribution in [-0.4, -0.2) is 54.7 Å². The zero-order chi connectivity index (χ0) is 17.6. The number of rotatable bonds is 4. The van der Waals surface area contributed by atoms with Crippen molar-refractivity contribution in [2.24, 2.45) is 0 Å². The number of aliphatic hydroxyl groups is 2. The van der Waals surface area contributed by atoms with Gasteiger partial charge in [0.1, 0.15) is 18.3 Å². The van der Waals surface area contributed by atoms with Crippen LogP contribution < -0.4 is 80.2 Å². The van der Waals surface area contributed by atoms with Gasteiger partial charge in [0, 0.05) is 0 Å². The van der Waals surface area contributed by atoms with Gasteiger partial charge in [-0.15, -0.1) is 0 Å². The predicted molar refractivity (Wildman–Crippen MR) is 72.0 cm³/mol. The number of aliphatic hydroxyl groups excluding tert-OH is 2. The molecule has 0 bridgehead atoms. The monoisotopic (exact) mass is 412 g/mol. The first-order valence-electron chi connectivity index (χ1n) is 6.58. The number of hydrogen-bond donors (Lipinski definition) is 4. The summed E-state index contributed by atoms with van der Waals surface area (Å²) in [6.45, 7) is -0.776. The van der Waals surface area contributed by atoms with Crippen molar-refractivity contribution in [2.75, 3.05) is 12.3 Å². The number of aromatic amines is 1. The fourth-order valence-corrected chi connectivity index (χ4v) is 2.72. The molecule has 132 valence electrons. The van der Waals surface area contributed by atoms with E-state index in [1.165, 1.54) is 0 Å². The molecule has 26 heavy (non-hydrogen) atoms. The fourth-order valence-electron chi connectivity index (χ4n) is 2.39. The van der Waals surface area contributed by atoms with Gasteiger partial charge >= 0.3 is 59.1 Å². The van der Waals surface area contributed by atoms with E-state index in [2.05, 4.69) is 19.5 Å². The van der Waals surface area contributed by atoms with Gasteiger partial charge in [-0.05, 0) is 0 Å². The third-order valence-electron chi connectivity index (χ3n) is 3.46. The SMILES string of the molecule is [15NH2]c1[15n]c2c([15n]c[15n]2[C@@H]2O[C@H](COP(=O)([O-])[O-])[C@@H](O)[C@H]2O)c(=O)[15nH]1.[Na+].[Na+]. The molecule has 2 aromatic heterocycles. The average Bonchev–Trinajstić information content (AvgIpc) is 3.00. The quantitative estimate of drug-likeness (QED) is 0.210. The van der Waals surface area contributed by atoms with E-state index < -0.39 is 44.5 Å². The maximum Gasteiger partial charge on any atom is 1.00 e. The molecule has 13 nitrogen and oxygen atoms in total. The van der Waals surface area contributed by atoms with Gasteiger partial charge in [0.15, 0.2) is 17.4 Å². The summed E-state index contributed by atoms with van der Waals surface area (Å²) < 4.78 is 21.0. The molecule has 3 rings (SSSR count). The van der Waals surface area contributed by atoms with Gasteiger partial charge in [0.2, 0.25) is 5.95 Å². The molecule has 0 radical (unpaired) electrons. The molecule has 1 aliphatic rings. The van der Waals surface area contributed by atoms with E-state index in [-0.39, 0.29) is 76.2 Å². The Kier molecular flexibility index (Phi) is 8.46. The van der Waals surface area contributed by atoms with Crippen molar-refractivity contribution < 1.29 is 92.9 Å². The first kappa shape index (κ1) is 24.2. The number of aromatic nitrogens is 4. The molecular weight excluding hydrogens is 400 g/mol. The molecule has 16 heteroatoms. The number of fused-ring (bicyclic) bond motifs is 1. The molecule has 0 aliphatic carbocycles. The van der Waals surface area contributed by atoms with Gasteiger partial charge in [-0.2, -0.15) is 4.98 Å². The maximum absolute atomic E-state index is 11.7. The van der Waals surface area contributed by atoms with Crippen LogP contribution in [0.2, 0.25) is 0 Å². The van der Waals surface area contributed by atoms with Crippen molar-refractivity contribution in [3.05, 3.63) is 16.7 Å². The molecule has 1 aliphatic heterocycles. The Hall–Kier alpha value is 0.140. The number of anilines is 1. The van der Waals surface area contributed by atoms with Crippen molar-refractivity contribution in [2.45, 2.75) is 24.5 Å². The van der Waals surface area contributed by atoms with Crippen molar-refractivity contribution >= 4 is 24.9 Å². The molecule has 0 amide bonds. The number of hydrogen-bond acceptors (Lipinski definition) is 11. The molecule has 1 fully saturated rings. The Bertz CT molecular complexity index is 871. The number of nitrogens with zero attached hydrogens (tertiary/aromatic N) is 3. The Morgan fingerprint density at radius 3 is 2.65 bits per heavy atom. The van der Waals surface area contributed by atoms with Crippen molar-refractivity contribution in [1.82, 2.24) is 19.5 Å². The van der Waals surface area contributed by atoms with Gasteiger partial charge in [0.25, 0.3) is 5.56 Å². The van der Waals surface area contributed by atoms with Gasteiger partial charge < -0.3 is 39.6 Å². The molecule has 0 spiro atoms.